The molecule has 0 fully saturated rings. The van der Waals surface area contributed by atoms with Crippen LogP contribution >= 0.6 is 0 Å². The Morgan fingerprint density at radius 2 is 1.76 bits per heavy atom. The van der Waals surface area contributed by atoms with Gasteiger partial charge in [-0.05, 0) is 93.1 Å². The van der Waals surface area contributed by atoms with Gasteiger partial charge in [-0.15, -0.1) is 0 Å². The molecule has 0 aliphatic rings. The van der Waals surface area contributed by atoms with Gasteiger partial charge in [-0.3, -0.25) is 4.79 Å². The number of para-hydroxylation sites is 1. The summed E-state index contributed by atoms with van der Waals surface area (Å²) < 4.78 is 20.7. The van der Waals surface area contributed by atoms with Gasteiger partial charge in [0.25, 0.3) is 5.91 Å². The summed E-state index contributed by atoms with van der Waals surface area (Å²) in [5, 5.41) is 6.50. The number of carbonyl (C=O) groups is 1. The molecule has 1 atom stereocenters. The van der Waals surface area contributed by atoms with Crippen molar-refractivity contribution in [1.29, 1.82) is 0 Å². The molecule has 9 nitrogen and oxygen atoms in total. The standard InChI is InChI=1S/C36H41N5O4/c1-6-27-21-28(7-2)41(40-27)31-12-10-9-11-25(31)22-36(35(38)42,26-13-16-32(44-23(4)5)33(20-26)43-8-3)45-29-14-15-30-24(19-29)17-18-39-34(30)37/h9-21,23H,6-8,22H2,1-5H3,(H2,37,39)(H2,38,42). The SMILES string of the molecule is CCOc1cc(C(Cc2ccccc2-n2nc(CC)cc2CC)(Oc2ccc3c(N)nccc3c2)C(N)=O)ccc1OC(C)C. The lowest BCUT2D eigenvalue weighted by Crippen LogP contribution is -2.48. The van der Waals surface area contributed by atoms with Crippen LogP contribution in [0.3, 0.4) is 0 Å². The second-order valence-corrected chi connectivity index (χ2v) is 11.2. The molecule has 4 N–H and O–H groups in total. The molecule has 0 bridgehead atoms. The lowest BCUT2D eigenvalue weighted by atomic mass is 9.85. The number of pyridine rings is 1. The minimum atomic E-state index is -1.64. The van der Waals surface area contributed by atoms with Crippen molar-refractivity contribution >= 4 is 22.5 Å². The molecule has 0 saturated heterocycles. The smallest absolute Gasteiger partial charge is 0.266 e. The Kier molecular flexibility index (Phi) is 9.27. The molecule has 0 aliphatic carbocycles. The van der Waals surface area contributed by atoms with Crippen LogP contribution in [0.5, 0.6) is 17.2 Å². The van der Waals surface area contributed by atoms with E-state index in [4.69, 9.17) is 30.8 Å². The Labute approximate surface area is 264 Å². The Balaban J connectivity index is 1.71. The predicted octanol–water partition coefficient (Wildman–Crippen LogP) is 6.32. The van der Waals surface area contributed by atoms with Gasteiger partial charge in [0.1, 0.15) is 11.6 Å². The van der Waals surface area contributed by atoms with E-state index >= 15 is 0 Å². The highest BCUT2D eigenvalue weighted by Gasteiger charge is 2.43. The van der Waals surface area contributed by atoms with Gasteiger partial charge in [-0.2, -0.15) is 5.10 Å². The van der Waals surface area contributed by atoms with Crippen molar-refractivity contribution in [1.82, 2.24) is 14.8 Å². The molecular formula is C36H41N5O4. The number of aromatic nitrogens is 3. The zero-order chi connectivity index (χ0) is 32.1. The lowest BCUT2D eigenvalue weighted by Gasteiger charge is -2.33. The summed E-state index contributed by atoms with van der Waals surface area (Å²) in [6.45, 7) is 10.4. The first-order chi connectivity index (χ1) is 21.7. The number of ether oxygens (including phenoxy) is 3. The fourth-order valence-electron chi connectivity index (χ4n) is 5.54. The maximum Gasteiger partial charge on any atom is 0.266 e. The molecule has 2 heterocycles. The summed E-state index contributed by atoms with van der Waals surface area (Å²) >= 11 is 0. The third-order valence-electron chi connectivity index (χ3n) is 7.75. The predicted molar refractivity (Wildman–Crippen MR) is 177 cm³/mol. The van der Waals surface area contributed by atoms with Gasteiger partial charge in [-0.25, -0.2) is 9.67 Å². The van der Waals surface area contributed by atoms with Gasteiger partial charge in [0.15, 0.2) is 11.5 Å². The maximum atomic E-state index is 13.9. The van der Waals surface area contributed by atoms with Crippen molar-refractivity contribution in [2.75, 3.05) is 12.3 Å². The molecule has 234 valence electrons. The number of aryl methyl sites for hydroxylation is 2. The lowest BCUT2D eigenvalue weighted by molar-refractivity contribution is -0.134. The van der Waals surface area contributed by atoms with E-state index in [0.717, 1.165) is 46.3 Å². The van der Waals surface area contributed by atoms with E-state index in [1.165, 1.54) is 0 Å². The number of amides is 1. The second kappa shape index (κ2) is 13.3. The minimum Gasteiger partial charge on any atom is -0.490 e. The van der Waals surface area contributed by atoms with Crippen molar-refractivity contribution in [3.05, 3.63) is 102 Å². The van der Waals surface area contributed by atoms with E-state index in [0.29, 0.717) is 35.2 Å². The number of benzene rings is 3. The van der Waals surface area contributed by atoms with E-state index in [9.17, 15) is 4.79 Å². The van der Waals surface area contributed by atoms with Crippen LogP contribution in [0.15, 0.2) is 79.0 Å². The molecule has 3 aromatic carbocycles. The average Bonchev–Trinajstić information content (AvgIpc) is 3.45. The summed E-state index contributed by atoms with van der Waals surface area (Å²) in [7, 11) is 0. The Hall–Kier alpha value is -5.05. The van der Waals surface area contributed by atoms with Crippen molar-refractivity contribution in [3.8, 4) is 22.9 Å². The van der Waals surface area contributed by atoms with Gasteiger partial charge >= 0.3 is 0 Å². The Morgan fingerprint density at radius 3 is 2.47 bits per heavy atom. The monoisotopic (exact) mass is 607 g/mol. The first-order valence-electron chi connectivity index (χ1n) is 15.4. The van der Waals surface area contributed by atoms with Crippen LogP contribution in [0.4, 0.5) is 5.82 Å². The highest BCUT2D eigenvalue weighted by molar-refractivity contribution is 5.92. The summed E-state index contributed by atoms with van der Waals surface area (Å²) in [5.74, 6) is 1.27. The van der Waals surface area contributed by atoms with Crippen LogP contribution in [-0.2, 0) is 29.7 Å². The fraction of sp³-hybridized carbons (Fsp3) is 0.306. The zero-order valence-corrected chi connectivity index (χ0v) is 26.5. The molecule has 5 aromatic rings. The van der Waals surface area contributed by atoms with Gasteiger partial charge < -0.3 is 25.7 Å². The number of carbonyl (C=O) groups excluding carboxylic acids is 1. The Morgan fingerprint density at radius 1 is 0.956 bits per heavy atom. The molecule has 1 unspecified atom stereocenters. The van der Waals surface area contributed by atoms with Crippen LogP contribution in [0.25, 0.3) is 16.5 Å². The zero-order valence-electron chi connectivity index (χ0n) is 26.5. The van der Waals surface area contributed by atoms with Crippen LogP contribution in [0.1, 0.15) is 57.1 Å². The number of rotatable bonds is 13. The Bertz CT molecular complexity index is 1820. The number of hydrogen-bond acceptors (Lipinski definition) is 7. The molecule has 5 rings (SSSR count). The number of nitrogens with zero attached hydrogens (tertiary/aromatic N) is 3. The molecule has 2 aromatic heterocycles. The van der Waals surface area contributed by atoms with Crippen molar-refractivity contribution in [2.24, 2.45) is 5.73 Å². The molecule has 45 heavy (non-hydrogen) atoms. The molecule has 1 amide bonds. The number of anilines is 1. The van der Waals surface area contributed by atoms with Gasteiger partial charge in [0.2, 0.25) is 5.60 Å². The van der Waals surface area contributed by atoms with Gasteiger partial charge in [0.05, 0.1) is 24.1 Å². The maximum absolute atomic E-state index is 13.9. The quantitative estimate of drug-likeness (QED) is 0.160. The largest absolute Gasteiger partial charge is 0.490 e. The molecule has 0 saturated carbocycles. The second-order valence-electron chi connectivity index (χ2n) is 11.2. The van der Waals surface area contributed by atoms with Crippen molar-refractivity contribution in [2.45, 2.75) is 65.6 Å². The normalized spacial score (nSPS) is 12.7. The summed E-state index contributed by atoms with van der Waals surface area (Å²) in [5.41, 5.74) is 15.1. The molecule has 9 heteroatoms. The highest BCUT2D eigenvalue weighted by Crippen LogP contribution is 2.39. The number of nitrogens with two attached hydrogens (primary N) is 2. The summed E-state index contributed by atoms with van der Waals surface area (Å²) in [4.78, 5) is 18.1. The molecule has 0 spiro atoms. The molecule has 0 radical (unpaired) electrons. The number of hydrogen-bond donors (Lipinski definition) is 2. The van der Waals surface area contributed by atoms with E-state index in [-0.39, 0.29) is 12.5 Å². The first kappa shape index (κ1) is 31.4. The average molecular weight is 608 g/mol. The fourth-order valence-corrected chi connectivity index (χ4v) is 5.54. The number of fused-ring (bicyclic) bond motifs is 1. The number of primary amides is 1. The summed E-state index contributed by atoms with van der Waals surface area (Å²) in [6, 6.07) is 22.7. The molecule has 0 aliphatic heterocycles. The minimum absolute atomic E-state index is 0.0755. The van der Waals surface area contributed by atoms with Gasteiger partial charge in [0, 0.05) is 29.3 Å². The van der Waals surface area contributed by atoms with Crippen LogP contribution in [0.2, 0.25) is 0 Å². The van der Waals surface area contributed by atoms with Gasteiger partial charge in [-0.1, -0.05) is 38.1 Å². The van der Waals surface area contributed by atoms with Crippen LogP contribution in [-0.4, -0.2) is 33.4 Å². The summed E-state index contributed by atoms with van der Waals surface area (Å²) in [6.07, 6.45) is 3.29. The molecular weight excluding hydrogens is 566 g/mol. The van der Waals surface area contributed by atoms with E-state index in [1.807, 2.05) is 74.0 Å². The van der Waals surface area contributed by atoms with Crippen LogP contribution < -0.4 is 25.7 Å². The third kappa shape index (κ3) is 6.43. The highest BCUT2D eigenvalue weighted by atomic mass is 16.5. The van der Waals surface area contributed by atoms with Crippen LogP contribution in [0, 0.1) is 0 Å². The van der Waals surface area contributed by atoms with E-state index < -0.39 is 11.5 Å². The first-order valence-corrected chi connectivity index (χ1v) is 15.4. The van der Waals surface area contributed by atoms with Crippen molar-refractivity contribution < 1.29 is 19.0 Å². The number of nitrogen functional groups attached to an aromatic ring is 1. The third-order valence-corrected chi connectivity index (χ3v) is 7.75. The topological polar surface area (TPSA) is 128 Å². The van der Waals surface area contributed by atoms with Crippen molar-refractivity contribution in [3.63, 3.8) is 0 Å². The van der Waals surface area contributed by atoms with E-state index in [2.05, 4.69) is 24.9 Å². The van der Waals surface area contributed by atoms with E-state index in [1.54, 1.807) is 24.4 Å².